The Bertz CT molecular complexity index is 446. The zero-order chi connectivity index (χ0) is 12.1. The number of rotatable bonds is 3. The van der Waals surface area contributed by atoms with Crippen molar-refractivity contribution in [2.24, 2.45) is 4.99 Å². The Morgan fingerprint density at radius 1 is 1.44 bits per heavy atom. The summed E-state index contributed by atoms with van der Waals surface area (Å²) >= 11 is 0. The summed E-state index contributed by atoms with van der Waals surface area (Å²) in [6, 6.07) is 5.12. The number of hydrogen-bond donors (Lipinski definition) is 1. The first-order valence-corrected chi connectivity index (χ1v) is 5.04. The van der Waals surface area contributed by atoms with E-state index in [1.807, 2.05) is 20.8 Å². The third kappa shape index (κ3) is 3.04. The normalized spacial score (nSPS) is 9.75. The molecule has 0 aliphatic rings. The van der Waals surface area contributed by atoms with Crippen molar-refractivity contribution >= 4 is 17.7 Å². The van der Waals surface area contributed by atoms with Gasteiger partial charge >= 0.3 is 0 Å². The maximum atomic E-state index is 11.7. The standard InChI is InChI=1S/C12H14N2O2/c1-8(2)14-12(16)10-5-4-9(3)11(6-10)13-7-15/h4-6,8H,1-3H3,(H,14,16). The second kappa shape index (κ2) is 5.24. The summed E-state index contributed by atoms with van der Waals surface area (Å²) in [6.45, 7) is 5.59. The average Bonchev–Trinajstić information content (AvgIpc) is 2.20. The van der Waals surface area contributed by atoms with Crippen LogP contribution >= 0.6 is 0 Å². The number of nitrogens with zero attached hydrogens (tertiary/aromatic N) is 1. The Kier molecular flexibility index (Phi) is 3.97. The molecule has 0 fully saturated rings. The molecule has 1 N–H and O–H groups in total. The first kappa shape index (κ1) is 12.1. The Morgan fingerprint density at radius 3 is 2.69 bits per heavy atom. The SMILES string of the molecule is Cc1ccc(C(=O)NC(C)C)cc1N=C=O. The molecule has 0 atom stereocenters. The fourth-order valence-corrected chi connectivity index (χ4v) is 1.27. The molecule has 1 aromatic carbocycles. The van der Waals surface area contributed by atoms with Crippen molar-refractivity contribution in [3.63, 3.8) is 0 Å². The number of aliphatic imine (C=N–C) groups is 1. The summed E-state index contributed by atoms with van der Waals surface area (Å²) in [4.78, 5) is 25.4. The molecule has 1 aromatic rings. The fourth-order valence-electron chi connectivity index (χ4n) is 1.27. The van der Waals surface area contributed by atoms with Gasteiger partial charge in [0.25, 0.3) is 5.91 Å². The zero-order valence-electron chi connectivity index (χ0n) is 9.57. The molecule has 0 spiro atoms. The highest BCUT2D eigenvalue weighted by Crippen LogP contribution is 2.19. The number of carbonyl (C=O) groups excluding carboxylic acids is 2. The van der Waals surface area contributed by atoms with Gasteiger partial charge in [-0.25, -0.2) is 4.79 Å². The second-order valence-electron chi connectivity index (χ2n) is 3.83. The maximum Gasteiger partial charge on any atom is 0.251 e. The summed E-state index contributed by atoms with van der Waals surface area (Å²) in [6.07, 6.45) is 1.48. The third-order valence-electron chi connectivity index (χ3n) is 2.06. The van der Waals surface area contributed by atoms with Gasteiger partial charge in [0.2, 0.25) is 6.08 Å². The molecule has 4 nitrogen and oxygen atoms in total. The number of aryl methyl sites for hydroxylation is 1. The minimum Gasteiger partial charge on any atom is -0.350 e. The highest BCUT2D eigenvalue weighted by molar-refractivity contribution is 5.95. The maximum absolute atomic E-state index is 11.7. The molecule has 0 radical (unpaired) electrons. The van der Waals surface area contributed by atoms with Crippen LogP contribution in [0.25, 0.3) is 0 Å². The van der Waals surface area contributed by atoms with Crippen LogP contribution in [-0.2, 0) is 4.79 Å². The van der Waals surface area contributed by atoms with Gasteiger partial charge in [-0.1, -0.05) is 6.07 Å². The number of carbonyl (C=O) groups is 1. The van der Waals surface area contributed by atoms with E-state index in [4.69, 9.17) is 0 Å². The minimum absolute atomic E-state index is 0.0758. The van der Waals surface area contributed by atoms with Crippen molar-refractivity contribution in [2.45, 2.75) is 26.8 Å². The molecule has 0 aliphatic heterocycles. The lowest BCUT2D eigenvalue weighted by molar-refractivity contribution is 0.0943. The molecule has 0 heterocycles. The molecule has 0 unspecified atom stereocenters. The quantitative estimate of drug-likeness (QED) is 0.624. The van der Waals surface area contributed by atoms with Crippen LogP contribution in [0.15, 0.2) is 23.2 Å². The lowest BCUT2D eigenvalue weighted by Crippen LogP contribution is -2.29. The van der Waals surface area contributed by atoms with Gasteiger partial charge in [-0.3, -0.25) is 4.79 Å². The van der Waals surface area contributed by atoms with E-state index in [-0.39, 0.29) is 11.9 Å². The van der Waals surface area contributed by atoms with Gasteiger partial charge in [0.1, 0.15) is 0 Å². The highest BCUT2D eigenvalue weighted by atomic mass is 16.1. The van der Waals surface area contributed by atoms with Gasteiger partial charge in [-0.2, -0.15) is 4.99 Å². The van der Waals surface area contributed by atoms with Crippen LogP contribution in [0, 0.1) is 6.92 Å². The molecule has 0 aromatic heterocycles. The molecule has 0 bridgehead atoms. The largest absolute Gasteiger partial charge is 0.350 e. The lowest BCUT2D eigenvalue weighted by atomic mass is 10.1. The second-order valence-corrected chi connectivity index (χ2v) is 3.83. The van der Waals surface area contributed by atoms with E-state index in [0.29, 0.717) is 11.3 Å². The minimum atomic E-state index is -0.169. The van der Waals surface area contributed by atoms with Crippen molar-refractivity contribution in [1.29, 1.82) is 0 Å². The van der Waals surface area contributed by atoms with E-state index in [0.717, 1.165) is 5.56 Å². The van der Waals surface area contributed by atoms with Gasteiger partial charge in [0, 0.05) is 11.6 Å². The first-order valence-electron chi connectivity index (χ1n) is 5.04. The molecule has 0 aliphatic carbocycles. The van der Waals surface area contributed by atoms with Crippen LogP contribution in [0.1, 0.15) is 29.8 Å². The van der Waals surface area contributed by atoms with Gasteiger partial charge in [0.05, 0.1) is 5.69 Å². The molecule has 0 saturated heterocycles. The van der Waals surface area contributed by atoms with Crippen molar-refractivity contribution in [3.05, 3.63) is 29.3 Å². The highest BCUT2D eigenvalue weighted by Gasteiger charge is 2.08. The number of benzene rings is 1. The predicted molar refractivity (Wildman–Crippen MR) is 61.6 cm³/mol. The molecule has 84 valence electrons. The molecule has 16 heavy (non-hydrogen) atoms. The van der Waals surface area contributed by atoms with Crippen molar-refractivity contribution < 1.29 is 9.59 Å². The Morgan fingerprint density at radius 2 is 2.12 bits per heavy atom. The third-order valence-corrected chi connectivity index (χ3v) is 2.06. The van der Waals surface area contributed by atoms with Gasteiger partial charge < -0.3 is 5.32 Å². The van der Waals surface area contributed by atoms with Gasteiger partial charge in [0.15, 0.2) is 0 Å². The van der Waals surface area contributed by atoms with E-state index in [1.165, 1.54) is 6.08 Å². The van der Waals surface area contributed by atoms with E-state index in [1.54, 1.807) is 18.2 Å². The Labute approximate surface area is 94.4 Å². The summed E-state index contributed by atoms with van der Waals surface area (Å²) < 4.78 is 0. The number of amides is 1. The summed E-state index contributed by atoms with van der Waals surface area (Å²) in [5.74, 6) is -0.169. The summed E-state index contributed by atoms with van der Waals surface area (Å²) in [7, 11) is 0. The predicted octanol–water partition coefficient (Wildman–Crippen LogP) is 2.10. The van der Waals surface area contributed by atoms with Crippen molar-refractivity contribution in [2.75, 3.05) is 0 Å². The molecule has 4 heteroatoms. The first-order chi connectivity index (χ1) is 7.54. The van der Waals surface area contributed by atoms with Crippen LogP contribution in [0.2, 0.25) is 0 Å². The number of nitrogens with one attached hydrogen (secondary N) is 1. The Balaban J connectivity index is 3.02. The van der Waals surface area contributed by atoms with Gasteiger partial charge in [-0.05, 0) is 38.5 Å². The van der Waals surface area contributed by atoms with E-state index in [2.05, 4.69) is 10.3 Å². The van der Waals surface area contributed by atoms with Crippen LogP contribution in [0.3, 0.4) is 0 Å². The van der Waals surface area contributed by atoms with Crippen LogP contribution in [0.5, 0.6) is 0 Å². The molecule has 1 rings (SSSR count). The summed E-state index contributed by atoms with van der Waals surface area (Å²) in [5.41, 5.74) is 1.81. The Hall–Kier alpha value is -1.93. The number of isocyanates is 1. The van der Waals surface area contributed by atoms with Crippen molar-refractivity contribution in [1.82, 2.24) is 5.32 Å². The number of hydrogen-bond acceptors (Lipinski definition) is 3. The molecule has 0 saturated carbocycles. The van der Waals surface area contributed by atoms with E-state index < -0.39 is 0 Å². The molecule has 1 amide bonds. The molecular weight excluding hydrogens is 204 g/mol. The topological polar surface area (TPSA) is 58.5 Å². The van der Waals surface area contributed by atoms with Crippen molar-refractivity contribution in [3.8, 4) is 0 Å². The lowest BCUT2D eigenvalue weighted by Gasteiger charge is -2.09. The van der Waals surface area contributed by atoms with Gasteiger partial charge in [-0.15, -0.1) is 0 Å². The van der Waals surface area contributed by atoms with E-state index >= 15 is 0 Å². The monoisotopic (exact) mass is 218 g/mol. The van der Waals surface area contributed by atoms with E-state index in [9.17, 15) is 9.59 Å². The molecular formula is C12H14N2O2. The zero-order valence-corrected chi connectivity index (χ0v) is 9.57. The van der Waals surface area contributed by atoms with Crippen LogP contribution in [0.4, 0.5) is 5.69 Å². The fraction of sp³-hybridized carbons (Fsp3) is 0.333. The smallest absolute Gasteiger partial charge is 0.251 e. The summed E-state index contributed by atoms with van der Waals surface area (Å²) in [5, 5.41) is 2.77. The van der Waals surface area contributed by atoms with Crippen LogP contribution in [-0.4, -0.2) is 18.0 Å². The average molecular weight is 218 g/mol. The van der Waals surface area contributed by atoms with Crippen LogP contribution < -0.4 is 5.32 Å².